The first-order valence-electron chi connectivity index (χ1n) is 8.85. The van der Waals surface area contributed by atoms with Gasteiger partial charge >= 0.3 is 0 Å². The lowest BCUT2D eigenvalue weighted by atomic mass is 10.1. The second-order valence-corrected chi connectivity index (χ2v) is 6.11. The van der Waals surface area contributed by atoms with Crippen LogP contribution in [0.15, 0.2) is 59.7 Å². The number of aromatic nitrogens is 2. The summed E-state index contributed by atoms with van der Waals surface area (Å²) >= 11 is 0. The number of halogens is 1. The number of hydrogen-bond acceptors (Lipinski definition) is 5. The summed E-state index contributed by atoms with van der Waals surface area (Å²) < 4.78 is 24.9. The van der Waals surface area contributed by atoms with E-state index in [0.29, 0.717) is 28.3 Å². The third-order valence-corrected chi connectivity index (χ3v) is 4.31. The Balaban J connectivity index is 1.66. The fraction of sp³-hybridized carbons (Fsp3) is 0.190. The highest BCUT2D eigenvalue weighted by Gasteiger charge is 2.16. The number of carbonyl (C=O) groups is 1. The first-order valence-corrected chi connectivity index (χ1v) is 8.85. The van der Waals surface area contributed by atoms with E-state index in [-0.39, 0.29) is 30.4 Å². The number of benzene rings is 2. The summed E-state index contributed by atoms with van der Waals surface area (Å²) in [5.41, 5.74) is 1.17. The van der Waals surface area contributed by atoms with Gasteiger partial charge in [-0.3, -0.25) is 14.2 Å². The van der Waals surface area contributed by atoms with E-state index in [1.54, 1.807) is 30.3 Å². The van der Waals surface area contributed by atoms with Crippen molar-refractivity contribution in [2.45, 2.75) is 6.54 Å². The molecule has 1 heterocycles. The lowest BCUT2D eigenvalue weighted by Crippen LogP contribution is -2.31. The van der Waals surface area contributed by atoms with Crippen LogP contribution in [0.3, 0.4) is 0 Å². The van der Waals surface area contributed by atoms with Crippen molar-refractivity contribution in [1.82, 2.24) is 14.9 Å². The van der Waals surface area contributed by atoms with Crippen molar-refractivity contribution < 1.29 is 18.7 Å². The molecule has 29 heavy (non-hydrogen) atoms. The average molecular weight is 397 g/mol. The fourth-order valence-corrected chi connectivity index (χ4v) is 2.82. The maximum absolute atomic E-state index is 13.0. The van der Waals surface area contributed by atoms with Gasteiger partial charge < -0.3 is 14.8 Å². The van der Waals surface area contributed by atoms with E-state index >= 15 is 0 Å². The lowest BCUT2D eigenvalue weighted by molar-refractivity contribution is 0.0948. The number of amides is 1. The number of hydrogen-bond donors (Lipinski definition) is 1. The standard InChI is InChI=1S/C21H20FN3O4/c1-28-18-5-3-4-16(20(18)29-2)21(27)23-10-11-25-13-24-17(12-19(25)26)14-6-8-15(22)9-7-14/h3-9,12-13H,10-11H2,1-2H3,(H,23,27). The quantitative estimate of drug-likeness (QED) is 0.662. The number of rotatable bonds is 7. The van der Waals surface area contributed by atoms with E-state index in [0.717, 1.165) is 0 Å². The molecule has 150 valence electrons. The van der Waals surface area contributed by atoms with Crippen LogP contribution in [0.4, 0.5) is 4.39 Å². The van der Waals surface area contributed by atoms with Gasteiger partial charge in [-0.15, -0.1) is 0 Å². The van der Waals surface area contributed by atoms with Crippen molar-refractivity contribution in [1.29, 1.82) is 0 Å². The van der Waals surface area contributed by atoms with Crippen LogP contribution in [0.5, 0.6) is 11.5 Å². The summed E-state index contributed by atoms with van der Waals surface area (Å²) in [6.07, 6.45) is 1.40. The van der Waals surface area contributed by atoms with E-state index in [2.05, 4.69) is 10.3 Å². The molecule has 3 aromatic rings. The molecule has 0 saturated heterocycles. The van der Waals surface area contributed by atoms with Gasteiger partial charge in [-0.2, -0.15) is 0 Å². The fourth-order valence-electron chi connectivity index (χ4n) is 2.82. The second kappa shape index (κ2) is 9.01. The summed E-state index contributed by atoms with van der Waals surface area (Å²) in [7, 11) is 2.96. The number of nitrogens with zero attached hydrogens (tertiary/aromatic N) is 2. The number of ether oxygens (including phenoxy) is 2. The molecule has 0 bridgehead atoms. The topological polar surface area (TPSA) is 82.5 Å². The Labute approximate surface area is 166 Å². The molecule has 0 aliphatic rings. The van der Waals surface area contributed by atoms with E-state index in [9.17, 15) is 14.0 Å². The molecule has 0 spiro atoms. The number of methoxy groups -OCH3 is 2. The molecule has 2 aromatic carbocycles. The molecule has 0 atom stereocenters. The van der Waals surface area contributed by atoms with Crippen LogP contribution in [0.25, 0.3) is 11.3 Å². The smallest absolute Gasteiger partial charge is 0.255 e. The zero-order valence-electron chi connectivity index (χ0n) is 16.0. The summed E-state index contributed by atoms with van der Waals surface area (Å²) in [6.45, 7) is 0.463. The maximum atomic E-state index is 13.0. The highest BCUT2D eigenvalue weighted by molar-refractivity contribution is 5.97. The largest absolute Gasteiger partial charge is 0.493 e. The van der Waals surface area contributed by atoms with Gasteiger partial charge in [-0.1, -0.05) is 6.07 Å². The Bertz CT molecular complexity index is 1060. The first kappa shape index (κ1) is 20.1. The summed E-state index contributed by atoms with van der Waals surface area (Å²) in [5.74, 6) is 0.0992. The lowest BCUT2D eigenvalue weighted by Gasteiger charge is -2.13. The van der Waals surface area contributed by atoms with Gasteiger partial charge in [0.1, 0.15) is 5.82 Å². The third kappa shape index (κ3) is 4.60. The van der Waals surface area contributed by atoms with Crippen LogP contribution in [0.2, 0.25) is 0 Å². The van der Waals surface area contributed by atoms with E-state index in [4.69, 9.17) is 9.47 Å². The van der Waals surface area contributed by atoms with Gasteiger partial charge in [0.15, 0.2) is 11.5 Å². The Hall–Kier alpha value is -3.68. The van der Waals surface area contributed by atoms with Crippen LogP contribution in [0.1, 0.15) is 10.4 Å². The zero-order chi connectivity index (χ0) is 20.8. The minimum absolute atomic E-state index is 0.219. The van der Waals surface area contributed by atoms with Gasteiger partial charge in [-0.25, -0.2) is 9.37 Å². The maximum Gasteiger partial charge on any atom is 0.255 e. The van der Waals surface area contributed by atoms with Crippen LogP contribution in [-0.2, 0) is 6.54 Å². The molecule has 7 nitrogen and oxygen atoms in total. The molecule has 0 radical (unpaired) electrons. The SMILES string of the molecule is COc1cccc(C(=O)NCCn2cnc(-c3ccc(F)cc3)cc2=O)c1OC. The molecule has 0 unspecified atom stereocenters. The molecule has 1 N–H and O–H groups in total. The Kier molecular flexibility index (Phi) is 6.23. The van der Waals surface area contributed by atoms with E-state index in [1.165, 1.54) is 43.3 Å². The normalized spacial score (nSPS) is 10.4. The molecule has 0 aliphatic carbocycles. The monoisotopic (exact) mass is 397 g/mol. The second-order valence-electron chi connectivity index (χ2n) is 6.11. The van der Waals surface area contributed by atoms with Gasteiger partial charge in [0.2, 0.25) is 0 Å². The van der Waals surface area contributed by atoms with Gasteiger partial charge in [0, 0.05) is 24.7 Å². The van der Waals surface area contributed by atoms with Gasteiger partial charge in [0.25, 0.3) is 11.5 Å². The minimum atomic E-state index is -0.356. The van der Waals surface area contributed by atoms with Crippen molar-refractivity contribution in [3.63, 3.8) is 0 Å². The zero-order valence-corrected chi connectivity index (χ0v) is 16.0. The molecule has 0 aliphatic heterocycles. The molecule has 1 amide bonds. The molecular formula is C21H20FN3O4. The minimum Gasteiger partial charge on any atom is -0.493 e. The molecule has 0 fully saturated rings. The van der Waals surface area contributed by atoms with Crippen molar-refractivity contribution in [3.8, 4) is 22.8 Å². The van der Waals surface area contributed by atoms with Crippen molar-refractivity contribution in [3.05, 3.63) is 76.6 Å². The number of carbonyl (C=O) groups excluding carboxylic acids is 1. The Morgan fingerprint density at radius 3 is 2.55 bits per heavy atom. The van der Waals surface area contributed by atoms with Crippen LogP contribution in [-0.4, -0.2) is 36.2 Å². The summed E-state index contributed by atoms with van der Waals surface area (Å²) in [6, 6.07) is 12.1. The summed E-state index contributed by atoms with van der Waals surface area (Å²) in [5, 5.41) is 2.75. The van der Waals surface area contributed by atoms with Crippen LogP contribution >= 0.6 is 0 Å². The van der Waals surface area contributed by atoms with Crippen LogP contribution in [0, 0.1) is 5.82 Å². The van der Waals surface area contributed by atoms with Crippen LogP contribution < -0.4 is 20.3 Å². The highest BCUT2D eigenvalue weighted by Crippen LogP contribution is 2.30. The molecule has 0 saturated carbocycles. The van der Waals surface area contributed by atoms with Crippen molar-refractivity contribution >= 4 is 5.91 Å². The van der Waals surface area contributed by atoms with Gasteiger partial charge in [0.05, 0.1) is 31.8 Å². The highest BCUT2D eigenvalue weighted by atomic mass is 19.1. The van der Waals surface area contributed by atoms with Gasteiger partial charge in [-0.05, 0) is 36.4 Å². The molecule has 8 heteroatoms. The predicted octanol–water partition coefficient (Wildman–Crippen LogP) is 2.50. The van der Waals surface area contributed by atoms with E-state index in [1.807, 2.05) is 0 Å². The number of para-hydroxylation sites is 1. The van der Waals surface area contributed by atoms with Crippen molar-refractivity contribution in [2.24, 2.45) is 0 Å². The summed E-state index contributed by atoms with van der Waals surface area (Å²) in [4.78, 5) is 29.0. The van der Waals surface area contributed by atoms with E-state index < -0.39 is 0 Å². The Morgan fingerprint density at radius 1 is 1.14 bits per heavy atom. The molecular weight excluding hydrogens is 377 g/mol. The Morgan fingerprint density at radius 2 is 1.90 bits per heavy atom. The average Bonchev–Trinajstić information content (AvgIpc) is 2.74. The molecule has 3 rings (SSSR count). The third-order valence-electron chi connectivity index (χ3n) is 4.31. The first-order chi connectivity index (χ1) is 14.0. The molecule has 1 aromatic heterocycles. The predicted molar refractivity (Wildman–Crippen MR) is 106 cm³/mol. The van der Waals surface area contributed by atoms with Crippen molar-refractivity contribution in [2.75, 3.05) is 20.8 Å². The number of nitrogens with one attached hydrogen (secondary N) is 1.